The van der Waals surface area contributed by atoms with Gasteiger partial charge in [0.05, 0.1) is 6.61 Å². The molecule has 0 aromatic heterocycles. The molecule has 0 aromatic rings. The van der Waals surface area contributed by atoms with Gasteiger partial charge in [-0.2, -0.15) is 0 Å². The molecule has 1 amide bonds. The van der Waals surface area contributed by atoms with Crippen LogP contribution in [-0.2, 0) is 4.74 Å². The lowest BCUT2D eigenvalue weighted by molar-refractivity contribution is 0.143. The summed E-state index contributed by atoms with van der Waals surface area (Å²) < 4.78 is 5.27. The van der Waals surface area contributed by atoms with Crippen LogP contribution in [0, 0.1) is 5.92 Å². The second-order valence-electron chi connectivity index (χ2n) is 12.5. The Labute approximate surface area is 246 Å². The van der Waals surface area contributed by atoms with Crippen LogP contribution in [0.4, 0.5) is 4.79 Å². The number of amides is 1. The molecular formula is C35H72N2O2. The second kappa shape index (κ2) is 31.8. The number of rotatable bonds is 31. The molecule has 4 nitrogen and oxygen atoms in total. The molecule has 0 bridgehead atoms. The number of hydrogen-bond donors (Lipinski definition) is 1. The minimum Gasteiger partial charge on any atom is -0.450 e. The van der Waals surface area contributed by atoms with Gasteiger partial charge in [-0.15, -0.1) is 0 Å². The quantitative estimate of drug-likeness (QED) is 0.0869. The number of ether oxygens (including phenoxy) is 1. The lowest BCUT2D eigenvalue weighted by atomic mass is 9.89. The normalized spacial score (nSPS) is 11.5. The molecule has 4 heteroatoms. The first kappa shape index (κ1) is 38.2. The van der Waals surface area contributed by atoms with Gasteiger partial charge in [0.25, 0.3) is 0 Å². The lowest BCUT2D eigenvalue weighted by Gasteiger charge is -2.17. The van der Waals surface area contributed by atoms with Crippen molar-refractivity contribution in [3.8, 4) is 0 Å². The maximum Gasteiger partial charge on any atom is 0.407 e. The Bertz CT molecular complexity index is 463. The van der Waals surface area contributed by atoms with Gasteiger partial charge in [-0.1, -0.05) is 162 Å². The average molecular weight is 553 g/mol. The molecule has 0 aromatic carbocycles. The van der Waals surface area contributed by atoms with E-state index in [9.17, 15) is 4.79 Å². The van der Waals surface area contributed by atoms with E-state index in [1.165, 1.54) is 148 Å². The molecular weight excluding hydrogens is 480 g/mol. The van der Waals surface area contributed by atoms with Gasteiger partial charge in [-0.3, -0.25) is 0 Å². The van der Waals surface area contributed by atoms with Crippen molar-refractivity contribution in [1.82, 2.24) is 10.2 Å². The van der Waals surface area contributed by atoms with E-state index in [4.69, 9.17) is 4.74 Å². The first-order valence-corrected chi connectivity index (χ1v) is 17.7. The van der Waals surface area contributed by atoms with Gasteiger partial charge in [-0.05, 0) is 45.8 Å². The van der Waals surface area contributed by atoms with E-state index in [0.717, 1.165) is 38.3 Å². The number of alkyl carbamates (subject to hydrolysis) is 1. The number of nitrogens with one attached hydrogen (secondary N) is 1. The SMILES string of the molecule is CCCCCCCCCCC(CCCCCCCCCC)CCCCCCCNC(=O)OCCCCN(C)C. The molecule has 0 fully saturated rings. The third kappa shape index (κ3) is 31.6. The molecule has 1 N–H and O–H groups in total. The van der Waals surface area contributed by atoms with E-state index in [-0.39, 0.29) is 6.09 Å². The molecule has 0 radical (unpaired) electrons. The van der Waals surface area contributed by atoms with E-state index < -0.39 is 0 Å². The summed E-state index contributed by atoms with van der Waals surface area (Å²) in [7, 11) is 4.14. The average Bonchev–Trinajstić information content (AvgIpc) is 2.92. The van der Waals surface area contributed by atoms with Crippen LogP contribution in [0.25, 0.3) is 0 Å². The predicted molar refractivity (Wildman–Crippen MR) is 173 cm³/mol. The smallest absolute Gasteiger partial charge is 0.407 e. The minimum atomic E-state index is -0.246. The van der Waals surface area contributed by atoms with Crippen molar-refractivity contribution in [2.24, 2.45) is 5.92 Å². The van der Waals surface area contributed by atoms with Gasteiger partial charge in [0.15, 0.2) is 0 Å². The van der Waals surface area contributed by atoms with Gasteiger partial charge in [0, 0.05) is 6.54 Å². The van der Waals surface area contributed by atoms with Crippen LogP contribution in [0.5, 0.6) is 0 Å². The fourth-order valence-corrected chi connectivity index (χ4v) is 5.59. The Balaban J connectivity index is 3.88. The molecule has 0 aliphatic rings. The van der Waals surface area contributed by atoms with Crippen molar-refractivity contribution in [2.75, 3.05) is 33.8 Å². The summed E-state index contributed by atoms with van der Waals surface area (Å²) in [6.45, 7) is 6.93. The minimum absolute atomic E-state index is 0.246. The van der Waals surface area contributed by atoms with Crippen LogP contribution >= 0.6 is 0 Å². The summed E-state index contributed by atoms with van der Waals surface area (Å²) in [5, 5.41) is 2.91. The van der Waals surface area contributed by atoms with Gasteiger partial charge < -0.3 is 15.0 Å². The summed E-state index contributed by atoms with van der Waals surface area (Å²) in [6.07, 6.45) is 35.4. The monoisotopic (exact) mass is 553 g/mol. The molecule has 0 spiro atoms. The third-order valence-electron chi connectivity index (χ3n) is 8.22. The second-order valence-corrected chi connectivity index (χ2v) is 12.5. The molecule has 39 heavy (non-hydrogen) atoms. The summed E-state index contributed by atoms with van der Waals surface area (Å²) in [5.41, 5.74) is 0. The van der Waals surface area contributed by atoms with Gasteiger partial charge in [0.1, 0.15) is 0 Å². The Morgan fingerprint density at radius 2 is 0.974 bits per heavy atom. The van der Waals surface area contributed by atoms with E-state index in [2.05, 4.69) is 38.2 Å². The first-order valence-electron chi connectivity index (χ1n) is 17.7. The highest BCUT2D eigenvalue weighted by Crippen LogP contribution is 2.25. The zero-order valence-electron chi connectivity index (χ0n) is 27.3. The van der Waals surface area contributed by atoms with Gasteiger partial charge in [0.2, 0.25) is 0 Å². The zero-order valence-corrected chi connectivity index (χ0v) is 27.3. The van der Waals surface area contributed by atoms with Gasteiger partial charge in [-0.25, -0.2) is 4.79 Å². The molecule has 0 atom stereocenters. The number of hydrogen-bond acceptors (Lipinski definition) is 3. The molecule has 0 unspecified atom stereocenters. The molecule has 0 saturated carbocycles. The lowest BCUT2D eigenvalue weighted by Crippen LogP contribution is -2.25. The van der Waals surface area contributed by atoms with E-state index in [1.54, 1.807) is 0 Å². The topological polar surface area (TPSA) is 41.6 Å². The largest absolute Gasteiger partial charge is 0.450 e. The number of unbranched alkanes of at least 4 members (excludes halogenated alkanes) is 19. The van der Waals surface area contributed by atoms with Crippen LogP contribution in [-0.4, -0.2) is 44.8 Å². The van der Waals surface area contributed by atoms with Gasteiger partial charge >= 0.3 is 6.09 Å². The van der Waals surface area contributed by atoms with Crippen LogP contribution in [0.2, 0.25) is 0 Å². The summed E-state index contributed by atoms with van der Waals surface area (Å²) in [4.78, 5) is 13.9. The van der Waals surface area contributed by atoms with Crippen LogP contribution in [0.15, 0.2) is 0 Å². The number of nitrogens with zero attached hydrogens (tertiary/aromatic N) is 1. The molecule has 0 aliphatic carbocycles. The van der Waals surface area contributed by atoms with E-state index >= 15 is 0 Å². The van der Waals surface area contributed by atoms with Crippen molar-refractivity contribution < 1.29 is 9.53 Å². The molecule has 0 aliphatic heterocycles. The Hall–Kier alpha value is -0.770. The van der Waals surface area contributed by atoms with E-state index in [1.807, 2.05) is 0 Å². The van der Waals surface area contributed by atoms with Crippen molar-refractivity contribution in [3.05, 3.63) is 0 Å². The van der Waals surface area contributed by atoms with Crippen molar-refractivity contribution in [1.29, 1.82) is 0 Å². The maximum absolute atomic E-state index is 11.8. The first-order chi connectivity index (χ1) is 19.1. The highest BCUT2D eigenvalue weighted by molar-refractivity contribution is 5.66. The predicted octanol–water partition coefficient (Wildman–Crippen LogP) is 11.1. The van der Waals surface area contributed by atoms with Crippen molar-refractivity contribution in [3.63, 3.8) is 0 Å². The zero-order chi connectivity index (χ0) is 28.7. The van der Waals surface area contributed by atoms with E-state index in [0.29, 0.717) is 6.61 Å². The molecule has 0 heterocycles. The van der Waals surface area contributed by atoms with Crippen LogP contribution in [0.3, 0.4) is 0 Å². The standard InChI is InChI=1S/C35H72N2O2/c1-5-7-9-11-13-15-18-22-28-34(29-23-19-16-14-12-10-8-6-2)30-24-20-17-21-25-31-36-35(38)39-33-27-26-32-37(3)4/h34H,5-33H2,1-4H3,(H,36,38). The molecule has 234 valence electrons. The third-order valence-corrected chi connectivity index (χ3v) is 8.22. The highest BCUT2D eigenvalue weighted by atomic mass is 16.5. The maximum atomic E-state index is 11.8. The Kier molecular flexibility index (Phi) is 31.1. The summed E-state index contributed by atoms with van der Waals surface area (Å²) in [5.74, 6) is 0.958. The van der Waals surface area contributed by atoms with Crippen molar-refractivity contribution in [2.45, 2.75) is 181 Å². The van der Waals surface area contributed by atoms with Crippen LogP contribution in [0.1, 0.15) is 181 Å². The number of carbonyl (C=O) groups is 1. The summed E-state index contributed by atoms with van der Waals surface area (Å²) in [6, 6.07) is 0. The molecule has 0 rings (SSSR count). The number of carbonyl (C=O) groups excluding carboxylic acids is 1. The Morgan fingerprint density at radius 3 is 1.41 bits per heavy atom. The molecule has 0 saturated heterocycles. The fourth-order valence-electron chi connectivity index (χ4n) is 5.59. The van der Waals surface area contributed by atoms with Crippen LogP contribution < -0.4 is 5.32 Å². The summed E-state index contributed by atoms with van der Waals surface area (Å²) >= 11 is 0. The van der Waals surface area contributed by atoms with Crippen molar-refractivity contribution >= 4 is 6.09 Å². The highest BCUT2D eigenvalue weighted by Gasteiger charge is 2.09. The fraction of sp³-hybridized carbons (Fsp3) is 0.971. The Morgan fingerprint density at radius 1 is 0.564 bits per heavy atom.